The van der Waals surface area contributed by atoms with Crippen LogP contribution in [0.25, 0.3) is 10.9 Å². The number of likely N-dealkylation sites (tertiary alicyclic amines) is 1. The Hall–Kier alpha value is -2.70. The second-order valence-corrected chi connectivity index (χ2v) is 8.01. The first kappa shape index (κ1) is 18.3. The van der Waals surface area contributed by atoms with Crippen LogP contribution in [0.2, 0.25) is 5.02 Å². The minimum Gasteiger partial charge on any atom is -0.357 e. The second kappa shape index (κ2) is 6.68. The Morgan fingerprint density at radius 2 is 1.93 bits per heavy atom. The van der Waals surface area contributed by atoms with Gasteiger partial charge in [-0.05, 0) is 30.2 Å². The van der Waals surface area contributed by atoms with Crippen molar-refractivity contribution < 1.29 is 14.0 Å². The van der Waals surface area contributed by atoms with Crippen LogP contribution in [0.3, 0.4) is 0 Å². The lowest BCUT2D eigenvalue weighted by atomic mass is 9.90. The number of nitrogens with one attached hydrogen (secondary N) is 1. The third-order valence-corrected chi connectivity index (χ3v) is 6.43. The van der Waals surface area contributed by atoms with E-state index in [1.807, 2.05) is 29.2 Å². The SMILES string of the molecule is CN1C(=O)C[C@@H](N2CCc3c([nH]c4ccccc34)[C@H]2c2c(F)cccc2Cl)C1=O. The number of nitrogens with zero attached hydrogens (tertiary/aromatic N) is 2. The monoisotopic (exact) mass is 411 g/mol. The molecule has 0 saturated carbocycles. The van der Waals surface area contributed by atoms with Crippen LogP contribution in [-0.2, 0) is 16.0 Å². The first-order valence-corrected chi connectivity index (χ1v) is 9.94. The molecule has 1 aromatic heterocycles. The van der Waals surface area contributed by atoms with Gasteiger partial charge in [0.05, 0.1) is 18.5 Å². The number of benzene rings is 2. The Labute approximate surface area is 172 Å². The molecule has 2 amide bonds. The van der Waals surface area contributed by atoms with Gasteiger partial charge in [0.2, 0.25) is 11.8 Å². The fraction of sp³-hybridized carbons (Fsp3) is 0.273. The number of likely N-dealkylation sites (N-methyl/N-ethyl adjacent to an activating group) is 1. The molecule has 29 heavy (non-hydrogen) atoms. The average Bonchev–Trinajstić information content (AvgIpc) is 3.21. The van der Waals surface area contributed by atoms with Crippen LogP contribution in [0.5, 0.6) is 0 Å². The van der Waals surface area contributed by atoms with Crippen LogP contribution < -0.4 is 0 Å². The Morgan fingerprint density at radius 1 is 1.14 bits per heavy atom. The van der Waals surface area contributed by atoms with E-state index in [0.717, 1.165) is 27.1 Å². The Morgan fingerprint density at radius 3 is 2.66 bits per heavy atom. The molecule has 1 fully saturated rings. The van der Waals surface area contributed by atoms with Gasteiger partial charge in [0.15, 0.2) is 0 Å². The normalized spacial score (nSPS) is 22.5. The van der Waals surface area contributed by atoms with E-state index in [0.29, 0.717) is 23.6 Å². The summed E-state index contributed by atoms with van der Waals surface area (Å²) in [4.78, 5) is 31.5. The number of amides is 2. The topological polar surface area (TPSA) is 56.4 Å². The van der Waals surface area contributed by atoms with Crippen molar-refractivity contribution in [3.05, 3.63) is 70.1 Å². The van der Waals surface area contributed by atoms with Crippen molar-refractivity contribution in [3.63, 3.8) is 0 Å². The van der Waals surface area contributed by atoms with Gasteiger partial charge in [-0.15, -0.1) is 0 Å². The smallest absolute Gasteiger partial charge is 0.246 e. The van der Waals surface area contributed by atoms with Crippen molar-refractivity contribution >= 4 is 34.3 Å². The summed E-state index contributed by atoms with van der Waals surface area (Å²) < 4.78 is 15.0. The molecule has 2 aromatic carbocycles. The molecular weight excluding hydrogens is 393 g/mol. The number of H-pyrrole nitrogens is 1. The Kier molecular flexibility index (Phi) is 4.22. The van der Waals surface area contributed by atoms with E-state index in [2.05, 4.69) is 4.98 Å². The molecule has 0 unspecified atom stereocenters. The lowest BCUT2D eigenvalue weighted by Crippen LogP contribution is -2.47. The van der Waals surface area contributed by atoms with Gasteiger partial charge in [0.25, 0.3) is 0 Å². The number of fused-ring (bicyclic) bond motifs is 3. The predicted octanol–water partition coefficient (Wildman–Crippen LogP) is 3.67. The lowest BCUT2D eigenvalue weighted by Gasteiger charge is -2.39. The van der Waals surface area contributed by atoms with Crippen molar-refractivity contribution in [1.29, 1.82) is 0 Å². The fourth-order valence-corrected chi connectivity index (χ4v) is 4.94. The highest BCUT2D eigenvalue weighted by molar-refractivity contribution is 6.31. The number of hydrogen-bond donors (Lipinski definition) is 1. The number of carbonyl (C=O) groups excluding carboxylic acids is 2. The molecule has 3 aromatic rings. The number of imide groups is 1. The molecule has 2 aliphatic heterocycles. The first-order chi connectivity index (χ1) is 14.0. The first-order valence-electron chi connectivity index (χ1n) is 9.57. The zero-order chi connectivity index (χ0) is 20.3. The van der Waals surface area contributed by atoms with Crippen LogP contribution in [-0.4, -0.2) is 46.2 Å². The van der Waals surface area contributed by atoms with Gasteiger partial charge < -0.3 is 4.98 Å². The maximum atomic E-state index is 15.0. The molecule has 1 N–H and O–H groups in total. The van der Waals surface area contributed by atoms with Crippen molar-refractivity contribution in [2.45, 2.75) is 24.9 Å². The van der Waals surface area contributed by atoms with E-state index in [1.165, 1.54) is 13.1 Å². The van der Waals surface area contributed by atoms with E-state index in [1.54, 1.807) is 12.1 Å². The molecule has 148 valence electrons. The molecule has 3 heterocycles. The number of rotatable bonds is 2. The highest BCUT2D eigenvalue weighted by Crippen LogP contribution is 2.43. The number of aromatic amines is 1. The maximum Gasteiger partial charge on any atom is 0.246 e. The summed E-state index contributed by atoms with van der Waals surface area (Å²) in [6.07, 6.45) is 0.789. The maximum absolute atomic E-state index is 15.0. The molecule has 7 heteroatoms. The molecule has 2 aliphatic rings. The number of carbonyl (C=O) groups is 2. The highest BCUT2D eigenvalue weighted by atomic mass is 35.5. The Balaban J connectivity index is 1.72. The van der Waals surface area contributed by atoms with Crippen LogP contribution in [0.15, 0.2) is 42.5 Å². The quantitative estimate of drug-likeness (QED) is 0.655. The van der Waals surface area contributed by atoms with Crippen molar-refractivity contribution in [3.8, 4) is 0 Å². The van der Waals surface area contributed by atoms with E-state index in [4.69, 9.17) is 11.6 Å². The number of aromatic nitrogens is 1. The van der Waals surface area contributed by atoms with E-state index < -0.39 is 17.9 Å². The summed E-state index contributed by atoms with van der Waals surface area (Å²) in [6.45, 7) is 0.529. The molecule has 0 bridgehead atoms. The van der Waals surface area contributed by atoms with Gasteiger partial charge in [-0.3, -0.25) is 19.4 Å². The summed E-state index contributed by atoms with van der Waals surface area (Å²) >= 11 is 6.45. The third kappa shape index (κ3) is 2.70. The minimum atomic E-state index is -0.632. The molecule has 0 spiro atoms. The zero-order valence-corrected chi connectivity index (χ0v) is 16.5. The van der Waals surface area contributed by atoms with Crippen LogP contribution in [0.4, 0.5) is 4.39 Å². The van der Waals surface area contributed by atoms with Gasteiger partial charge in [0, 0.05) is 40.8 Å². The van der Waals surface area contributed by atoms with Crippen molar-refractivity contribution in [1.82, 2.24) is 14.8 Å². The van der Waals surface area contributed by atoms with Crippen LogP contribution in [0, 0.1) is 5.82 Å². The van der Waals surface area contributed by atoms with Gasteiger partial charge >= 0.3 is 0 Å². The molecule has 0 radical (unpaired) electrons. The number of hydrogen-bond acceptors (Lipinski definition) is 3. The molecule has 5 rings (SSSR count). The third-order valence-electron chi connectivity index (χ3n) is 6.10. The van der Waals surface area contributed by atoms with Crippen LogP contribution >= 0.6 is 11.6 Å². The largest absolute Gasteiger partial charge is 0.357 e. The standard InChI is InChI=1S/C22H19ClFN3O2/c1-26-18(28)11-17(22(26)29)27-10-9-13-12-5-2-3-8-16(12)25-20(13)21(27)19-14(23)6-4-7-15(19)24/h2-8,17,21,25H,9-11H2,1H3/t17-,21-/m1/s1. The summed E-state index contributed by atoms with van der Waals surface area (Å²) in [5.41, 5.74) is 3.23. The summed E-state index contributed by atoms with van der Waals surface area (Å²) in [5.74, 6) is -0.906. The summed E-state index contributed by atoms with van der Waals surface area (Å²) in [5, 5.41) is 1.39. The Bertz CT molecular complexity index is 1140. The predicted molar refractivity (Wildman–Crippen MR) is 108 cm³/mol. The second-order valence-electron chi connectivity index (χ2n) is 7.60. The fourth-order valence-electron chi connectivity index (χ4n) is 4.67. The van der Waals surface area contributed by atoms with E-state index >= 15 is 4.39 Å². The average molecular weight is 412 g/mol. The highest BCUT2D eigenvalue weighted by Gasteiger charge is 2.46. The van der Waals surface area contributed by atoms with Crippen molar-refractivity contribution in [2.24, 2.45) is 0 Å². The zero-order valence-electron chi connectivity index (χ0n) is 15.8. The molecular formula is C22H19ClFN3O2. The summed E-state index contributed by atoms with van der Waals surface area (Å²) in [6, 6.07) is 11.3. The molecule has 2 atom stereocenters. The van der Waals surface area contributed by atoms with E-state index in [-0.39, 0.29) is 18.2 Å². The number of para-hydroxylation sites is 1. The molecule has 5 nitrogen and oxygen atoms in total. The van der Waals surface area contributed by atoms with Gasteiger partial charge in [-0.1, -0.05) is 35.9 Å². The summed E-state index contributed by atoms with van der Waals surface area (Å²) in [7, 11) is 1.49. The van der Waals surface area contributed by atoms with Gasteiger partial charge in [0.1, 0.15) is 5.82 Å². The lowest BCUT2D eigenvalue weighted by molar-refractivity contribution is -0.138. The number of halogens is 2. The van der Waals surface area contributed by atoms with Crippen LogP contribution in [0.1, 0.15) is 29.3 Å². The molecule has 0 aliphatic carbocycles. The van der Waals surface area contributed by atoms with Gasteiger partial charge in [-0.25, -0.2) is 4.39 Å². The minimum absolute atomic E-state index is 0.0907. The van der Waals surface area contributed by atoms with Gasteiger partial charge in [-0.2, -0.15) is 0 Å². The van der Waals surface area contributed by atoms with E-state index in [9.17, 15) is 9.59 Å². The van der Waals surface area contributed by atoms with Crippen molar-refractivity contribution in [2.75, 3.05) is 13.6 Å². The molecule has 1 saturated heterocycles.